The number of amides is 1. The molecule has 0 atom stereocenters. The van der Waals surface area contributed by atoms with Crippen molar-refractivity contribution in [1.29, 1.82) is 0 Å². The first-order valence-corrected chi connectivity index (χ1v) is 7.41. The van der Waals surface area contributed by atoms with Crippen molar-refractivity contribution >= 4 is 28.3 Å². The molecule has 112 valence electrons. The monoisotopic (exact) mass is 307 g/mol. The van der Waals surface area contributed by atoms with Gasteiger partial charge in [-0.05, 0) is 33.3 Å². The van der Waals surface area contributed by atoms with Crippen LogP contribution in [0.5, 0.6) is 0 Å². The minimum atomic E-state index is -0.456. The standard InChI is InChI=1S/C14H17N3O3S/c1-5-20-13(19)11-8(3)10(9(4)16-11)12(18)17-14-15-7(2)6-21-14/h6,16H,5H2,1-4H3,(H,15,17,18). The van der Waals surface area contributed by atoms with Gasteiger partial charge in [0.15, 0.2) is 5.13 Å². The number of aryl methyl sites for hydroxylation is 2. The molecule has 2 aromatic rings. The molecule has 0 aliphatic heterocycles. The van der Waals surface area contributed by atoms with E-state index in [-0.39, 0.29) is 12.5 Å². The molecule has 0 aromatic carbocycles. The fourth-order valence-corrected chi connectivity index (χ4v) is 2.75. The fraction of sp³-hybridized carbons (Fsp3) is 0.357. The number of aromatic amines is 1. The van der Waals surface area contributed by atoms with Gasteiger partial charge in [0, 0.05) is 11.1 Å². The van der Waals surface area contributed by atoms with Crippen LogP contribution in [-0.4, -0.2) is 28.5 Å². The normalized spacial score (nSPS) is 10.5. The van der Waals surface area contributed by atoms with Crippen molar-refractivity contribution < 1.29 is 14.3 Å². The van der Waals surface area contributed by atoms with Gasteiger partial charge in [-0.3, -0.25) is 10.1 Å². The lowest BCUT2D eigenvalue weighted by Gasteiger charge is -2.03. The Hall–Kier alpha value is -2.15. The molecule has 2 N–H and O–H groups in total. The summed E-state index contributed by atoms with van der Waals surface area (Å²) in [6.45, 7) is 7.35. The van der Waals surface area contributed by atoms with E-state index in [2.05, 4.69) is 15.3 Å². The number of nitrogens with zero attached hydrogens (tertiary/aromatic N) is 1. The highest BCUT2D eigenvalue weighted by Crippen LogP contribution is 2.21. The summed E-state index contributed by atoms with van der Waals surface area (Å²) in [5.41, 5.74) is 2.82. The van der Waals surface area contributed by atoms with Crippen LogP contribution in [0.1, 0.15) is 44.7 Å². The quantitative estimate of drug-likeness (QED) is 0.851. The molecule has 0 fully saturated rings. The van der Waals surface area contributed by atoms with Crippen molar-refractivity contribution in [3.05, 3.63) is 33.6 Å². The van der Waals surface area contributed by atoms with Gasteiger partial charge in [0.05, 0.1) is 17.9 Å². The predicted molar refractivity (Wildman–Crippen MR) is 81.0 cm³/mol. The van der Waals surface area contributed by atoms with E-state index in [4.69, 9.17) is 4.74 Å². The van der Waals surface area contributed by atoms with Gasteiger partial charge in [-0.25, -0.2) is 9.78 Å². The maximum atomic E-state index is 12.3. The highest BCUT2D eigenvalue weighted by molar-refractivity contribution is 7.13. The summed E-state index contributed by atoms with van der Waals surface area (Å²) in [6, 6.07) is 0. The zero-order valence-corrected chi connectivity index (χ0v) is 13.2. The molecule has 0 saturated heterocycles. The van der Waals surface area contributed by atoms with Crippen molar-refractivity contribution in [2.24, 2.45) is 0 Å². The molecule has 0 spiro atoms. The summed E-state index contributed by atoms with van der Waals surface area (Å²) in [7, 11) is 0. The van der Waals surface area contributed by atoms with Crippen LogP contribution in [0.4, 0.5) is 5.13 Å². The summed E-state index contributed by atoms with van der Waals surface area (Å²) in [5, 5.41) is 5.14. The Morgan fingerprint density at radius 1 is 1.38 bits per heavy atom. The van der Waals surface area contributed by atoms with Crippen molar-refractivity contribution in [2.75, 3.05) is 11.9 Å². The van der Waals surface area contributed by atoms with Crippen molar-refractivity contribution in [1.82, 2.24) is 9.97 Å². The molecule has 0 aliphatic carbocycles. The Morgan fingerprint density at radius 2 is 2.10 bits per heavy atom. The maximum Gasteiger partial charge on any atom is 0.355 e. The molecule has 0 aliphatic rings. The van der Waals surface area contributed by atoms with Crippen LogP contribution in [0.3, 0.4) is 0 Å². The van der Waals surface area contributed by atoms with E-state index >= 15 is 0 Å². The van der Waals surface area contributed by atoms with E-state index < -0.39 is 5.97 Å². The van der Waals surface area contributed by atoms with E-state index in [1.54, 1.807) is 20.8 Å². The van der Waals surface area contributed by atoms with Crippen molar-refractivity contribution in [3.8, 4) is 0 Å². The number of carbonyl (C=O) groups excluding carboxylic acids is 2. The van der Waals surface area contributed by atoms with E-state index in [0.717, 1.165) is 5.69 Å². The van der Waals surface area contributed by atoms with Gasteiger partial charge in [-0.15, -0.1) is 11.3 Å². The summed E-state index contributed by atoms with van der Waals surface area (Å²) in [6.07, 6.45) is 0. The molecule has 0 bridgehead atoms. The van der Waals surface area contributed by atoms with Crippen molar-refractivity contribution in [3.63, 3.8) is 0 Å². The first kappa shape index (κ1) is 15.2. The van der Waals surface area contributed by atoms with Gasteiger partial charge in [0.1, 0.15) is 5.69 Å². The molecule has 7 heteroatoms. The second-order valence-corrected chi connectivity index (χ2v) is 5.45. The summed E-state index contributed by atoms with van der Waals surface area (Å²) in [5.74, 6) is -0.742. The second-order valence-electron chi connectivity index (χ2n) is 4.59. The molecular formula is C14H17N3O3S. The van der Waals surface area contributed by atoms with Crippen LogP contribution >= 0.6 is 11.3 Å². The van der Waals surface area contributed by atoms with Gasteiger partial charge in [0.25, 0.3) is 5.91 Å². The number of nitrogens with one attached hydrogen (secondary N) is 2. The molecule has 0 saturated carbocycles. The minimum absolute atomic E-state index is 0.286. The molecule has 2 rings (SSSR count). The number of anilines is 1. The number of hydrogen-bond donors (Lipinski definition) is 2. The first-order chi connectivity index (χ1) is 9.93. The van der Waals surface area contributed by atoms with Gasteiger partial charge in [0.2, 0.25) is 0 Å². The highest BCUT2D eigenvalue weighted by Gasteiger charge is 2.23. The maximum absolute atomic E-state index is 12.3. The molecular weight excluding hydrogens is 290 g/mol. The Morgan fingerprint density at radius 3 is 2.67 bits per heavy atom. The number of hydrogen-bond acceptors (Lipinski definition) is 5. The number of H-pyrrole nitrogens is 1. The lowest BCUT2D eigenvalue weighted by atomic mass is 10.1. The molecule has 2 aromatic heterocycles. The number of ether oxygens (including phenoxy) is 1. The predicted octanol–water partition coefficient (Wildman–Crippen LogP) is 2.83. The third kappa shape index (κ3) is 3.13. The lowest BCUT2D eigenvalue weighted by Crippen LogP contribution is -2.14. The van der Waals surface area contributed by atoms with Crippen LogP contribution in [0.15, 0.2) is 5.38 Å². The van der Waals surface area contributed by atoms with Crippen LogP contribution < -0.4 is 5.32 Å². The van der Waals surface area contributed by atoms with E-state index in [1.807, 2.05) is 12.3 Å². The average Bonchev–Trinajstić information content (AvgIpc) is 2.93. The summed E-state index contributed by atoms with van der Waals surface area (Å²) >= 11 is 1.36. The number of rotatable bonds is 4. The van der Waals surface area contributed by atoms with Gasteiger partial charge >= 0.3 is 5.97 Å². The van der Waals surface area contributed by atoms with Crippen LogP contribution in [0.2, 0.25) is 0 Å². The third-order valence-electron chi connectivity index (χ3n) is 2.98. The fourth-order valence-electron chi connectivity index (χ4n) is 2.07. The minimum Gasteiger partial charge on any atom is -0.461 e. The summed E-state index contributed by atoms with van der Waals surface area (Å²) in [4.78, 5) is 31.3. The molecule has 1 amide bonds. The zero-order chi connectivity index (χ0) is 15.6. The Bertz CT molecular complexity index is 688. The average molecular weight is 307 g/mol. The SMILES string of the molecule is CCOC(=O)c1[nH]c(C)c(C(=O)Nc2nc(C)cs2)c1C. The van der Waals surface area contributed by atoms with E-state index in [0.29, 0.717) is 27.6 Å². The Balaban J connectivity index is 2.27. The lowest BCUT2D eigenvalue weighted by molar-refractivity contribution is 0.0519. The van der Waals surface area contributed by atoms with Gasteiger partial charge in [-0.2, -0.15) is 0 Å². The van der Waals surface area contributed by atoms with Crippen LogP contribution in [0.25, 0.3) is 0 Å². The van der Waals surface area contributed by atoms with Gasteiger partial charge in [-0.1, -0.05) is 0 Å². The second kappa shape index (κ2) is 6.09. The molecule has 6 nitrogen and oxygen atoms in total. The van der Waals surface area contributed by atoms with E-state index in [1.165, 1.54) is 11.3 Å². The van der Waals surface area contributed by atoms with E-state index in [9.17, 15) is 9.59 Å². The van der Waals surface area contributed by atoms with Gasteiger partial charge < -0.3 is 9.72 Å². The topological polar surface area (TPSA) is 84.1 Å². The first-order valence-electron chi connectivity index (χ1n) is 6.53. The number of thiazole rings is 1. The number of aromatic nitrogens is 2. The highest BCUT2D eigenvalue weighted by atomic mass is 32.1. The summed E-state index contributed by atoms with van der Waals surface area (Å²) < 4.78 is 4.97. The molecule has 0 radical (unpaired) electrons. The smallest absolute Gasteiger partial charge is 0.355 e. The third-order valence-corrected chi connectivity index (χ3v) is 3.86. The Labute approximate surface area is 126 Å². The molecule has 2 heterocycles. The largest absolute Gasteiger partial charge is 0.461 e. The molecule has 0 unspecified atom stereocenters. The Kier molecular flexibility index (Phi) is 4.42. The van der Waals surface area contributed by atoms with Crippen LogP contribution in [0, 0.1) is 20.8 Å². The number of esters is 1. The number of carbonyl (C=O) groups is 2. The van der Waals surface area contributed by atoms with Crippen molar-refractivity contribution in [2.45, 2.75) is 27.7 Å². The molecule has 21 heavy (non-hydrogen) atoms. The van der Waals surface area contributed by atoms with Crippen LogP contribution in [-0.2, 0) is 4.74 Å². The zero-order valence-electron chi connectivity index (χ0n) is 12.4.